The van der Waals surface area contributed by atoms with Gasteiger partial charge in [0.25, 0.3) is 0 Å². The Bertz CT molecular complexity index is 1180. The number of aromatic nitrogens is 1. The summed E-state index contributed by atoms with van der Waals surface area (Å²) in [5.41, 5.74) is 3.88. The quantitative estimate of drug-likeness (QED) is 0.549. The van der Waals surface area contributed by atoms with Crippen LogP contribution in [0.25, 0.3) is 10.9 Å². The van der Waals surface area contributed by atoms with Gasteiger partial charge in [-0.15, -0.1) is 0 Å². The van der Waals surface area contributed by atoms with Crippen molar-refractivity contribution in [3.05, 3.63) is 53.2 Å². The Morgan fingerprint density at radius 2 is 1.59 bits per heavy atom. The number of aromatic amines is 1. The van der Waals surface area contributed by atoms with Crippen LogP contribution in [0.3, 0.4) is 0 Å². The number of ether oxygens (including phenoxy) is 3. The molecular formula is C26H31N3O5. The molecule has 0 bridgehead atoms. The smallest absolute Gasteiger partial charge is 0.245 e. The Hall–Kier alpha value is -3.68. The molecule has 180 valence electrons. The van der Waals surface area contributed by atoms with Gasteiger partial charge < -0.3 is 19.2 Å². The average molecular weight is 466 g/mol. The van der Waals surface area contributed by atoms with Crippen molar-refractivity contribution >= 4 is 22.7 Å². The van der Waals surface area contributed by atoms with Crippen molar-refractivity contribution in [3.8, 4) is 17.2 Å². The van der Waals surface area contributed by atoms with Gasteiger partial charge in [-0.3, -0.25) is 19.6 Å². The minimum Gasteiger partial charge on any atom is -0.493 e. The van der Waals surface area contributed by atoms with E-state index in [4.69, 9.17) is 14.2 Å². The number of carbonyl (C=O) groups is 2. The molecule has 3 aromatic rings. The maximum atomic E-state index is 13.2. The Morgan fingerprint density at radius 3 is 2.24 bits per heavy atom. The molecule has 1 aromatic heterocycles. The zero-order valence-corrected chi connectivity index (χ0v) is 20.1. The molecule has 0 radical (unpaired) electrons. The van der Waals surface area contributed by atoms with E-state index in [0.29, 0.717) is 36.8 Å². The molecule has 2 heterocycles. The van der Waals surface area contributed by atoms with Gasteiger partial charge in [0.1, 0.15) is 0 Å². The SMILES string of the molecule is COc1cc(CCC(=O)N2CCCN2C(=O)Cc2c(C)[nH]c3ccccc23)cc(OC)c1OC. The number of carbonyl (C=O) groups excluding carboxylic acids is 2. The first-order chi connectivity index (χ1) is 16.5. The van der Waals surface area contributed by atoms with Gasteiger partial charge in [0.15, 0.2) is 11.5 Å². The molecular weight excluding hydrogens is 434 g/mol. The van der Waals surface area contributed by atoms with Crippen LogP contribution in [0, 0.1) is 6.92 Å². The zero-order valence-electron chi connectivity index (χ0n) is 20.1. The van der Waals surface area contributed by atoms with Gasteiger partial charge in [-0.05, 0) is 49.1 Å². The monoisotopic (exact) mass is 465 g/mol. The van der Waals surface area contributed by atoms with Crippen molar-refractivity contribution in [2.75, 3.05) is 34.4 Å². The predicted molar refractivity (Wildman–Crippen MR) is 129 cm³/mol. The topological polar surface area (TPSA) is 84.1 Å². The molecule has 1 N–H and O–H groups in total. The maximum absolute atomic E-state index is 13.2. The van der Waals surface area contributed by atoms with Crippen LogP contribution in [0.15, 0.2) is 36.4 Å². The standard InChI is InChI=1S/C26H31N3O5/c1-17-20(19-8-5-6-9-21(19)27-17)16-25(31)29-13-7-12-28(29)24(30)11-10-18-14-22(32-2)26(34-4)23(15-18)33-3/h5-6,8-9,14-15,27H,7,10-13,16H2,1-4H3. The highest BCUT2D eigenvalue weighted by Crippen LogP contribution is 2.38. The fourth-order valence-corrected chi connectivity index (χ4v) is 4.60. The predicted octanol–water partition coefficient (Wildman–Crippen LogP) is 3.65. The van der Waals surface area contributed by atoms with Crippen LogP contribution in [-0.2, 0) is 22.4 Å². The van der Waals surface area contributed by atoms with Gasteiger partial charge in [0.05, 0.1) is 27.8 Å². The van der Waals surface area contributed by atoms with Gasteiger partial charge >= 0.3 is 0 Å². The van der Waals surface area contributed by atoms with E-state index in [1.54, 1.807) is 31.3 Å². The van der Waals surface area contributed by atoms with Crippen molar-refractivity contribution in [1.82, 2.24) is 15.0 Å². The summed E-state index contributed by atoms with van der Waals surface area (Å²) in [5, 5.41) is 4.26. The van der Waals surface area contributed by atoms with Gasteiger partial charge in [-0.2, -0.15) is 0 Å². The van der Waals surface area contributed by atoms with E-state index >= 15 is 0 Å². The number of methoxy groups -OCH3 is 3. The van der Waals surface area contributed by atoms with Gasteiger partial charge in [-0.25, -0.2) is 0 Å². The Morgan fingerprint density at radius 1 is 0.941 bits per heavy atom. The summed E-state index contributed by atoms with van der Waals surface area (Å²) >= 11 is 0. The molecule has 2 amide bonds. The Labute approximate surface area is 199 Å². The second kappa shape index (κ2) is 10.1. The van der Waals surface area contributed by atoms with E-state index in [1.165, 1.54) is 0 Å². The number of hydrazine groups is 1. The van der Waals surface area contributed by atoms with E-state index in [2.05, 4.69) is 4.98 Å². The molecule has 1 aliphatic rings. The third-order valence-corrected chi connectivity index (χ3v) is 6.31. The number of aryl methyl sites for hydroxylation is 2. The second-order valence-corrected chi connectivity index (χ2v) is 8.37. The lowest BCUT2D eigenvalue weighted by Crippen LogP contribution is -2.45. The molecule has 1 fully saturated rings. The number of hydrogen-bond donors (Lipinski definition) is 1. The highest BCUT2D eigenvalue weighted by molar-refractivity contribution is 5.91. The fraction of sp³-hybridized carbons (Fsp3) is 0.385. The van der Waals surface area contributed by atoms with Crippen LogP contribution in [0.4, 0.5) is 0 Å². The van der Waals surface area contributed by atoms with E-state index in [9.17, 15) is 9.59 Å². The third kappa shape index (κ3) is 4.53. The highest BCUT2D eigenvalue weighted by atomic mass is 16.5. The van der Waals surface area contributed by atoms with Crippen LogP contribution in [0.2, 0.25) is 0 Å². The van der Waals surface area contributed by atoms with Crippen LogP contribution >= 0.6 is 0 Å². The largest absolute Gasteiger partial charge is 0.493 e. The number of rotatable bonds is 8. The van der Waals surface area contributed by atoms with Gasteiger partial charge in [0.2, 0.25) is 17.6 Å². The van der Waals surface area contributed by atoms with Crippen molar-refractivity contribution in [2.24, 2.45) is 0 Å². The summed E-state index contributed by atoms with van der Waals surface area (Å²) in [6.07, 6.45) is 1.80. The van der Waals surface area contributed by atoms with Crippen molar-refractivity contribution in [2.45, 2.75) is 32.6 Å². The normalized spacial score (nSPS) is 13.4. The van der Waals surface area contributed by atoms with Crippen molar-refractivity contribution in [3.63, 3.8) is 0 Å². The molecule has 0 spiro atoms. The van der Waals surface area contributed by atoms with Crippen LogP contribution in [0.5, 0.6) is 17.2 Å². The number of nitrogens with one attached hydrogen (secondary N) is 1. The molecule has 8 nitrogen and oxygen atoms in total. The van der Waals surface area contributed by atoms with E-state index in [1.807, 2.05) is 43.3 Å². The lowest BCUT2D eigenvalue weighted by atomic mass is 10.1. The summed E-state index contributed by atoms with van der Waals surface area (Å²) in [6.45, 7) is 3.08. The highest BCUT2D eigenvalue weighted by Gasteiger charge is 2.31. The number of benzene rings is 2. The van der Waals surface area contributed by atoms with Crippen molar-refractivity contribution in [1.29, 1.82) is 0 Å². The number of para-hydroxylation sites is 1. The van der Waals surface area contributed by atoms with E-state index in [0.717, 1.165) is 34.1 Å². The third-order valence-electron chi connectivity index (χ3n) is 6.31. The summed E-state index contributed by atoms with van der Waals surface area (Å²) in [4.78, 5) is 29.6. The van der Waals surface area contributed by atoms with Crippen molar-refractivity contribution < 1.29 is 23.8 Å². The molecule has 0 unspecified atom stereocenters. The lowest BCUT2D eigenvalue weighted by Gasteiger charge is -2.28. The molecule has 4 rings (SSSR count). The van der Waals surface area contributed by atoms with Gasteiger partial charge in [0, 0.05) is 36.1 Å². The summed E-state index contributed by atoms with van der Waals surface area (Å²) in [6, 6.07) is 11.7. The number of nitrogens with zero attached hydrogens (tertiary/aromatic N) is 2. The number of hydrogen-bond acceptors (Lipinski definition) is 5. The molecule has 8 heteroatoms. The molecule has 0 atom stereocenters. The molecule has 34 heavy (non-hydrogen) atoms. The number of fused-ring (bicyclic) bond motifs is 1. The molecule has 0 saturated carbocycles. The lowest BCUT2D eigenvalue weighted by molar-refractivity contribution is -0.157. The minimum absolute atomic E-state index is 0.0634. The summed E-state index contributed by atoms with van der Waals surface area (Å²) in [5.74, 6) is 1.48. The number of amides is 2. The van der Waals surface area contributed by atoms with Crippen LogP contribution < -0.4 is 14.2 Å². The van der Waals surface area contributed by atoms with E-state index in [-0.39, 0.29) is 24.7 Å². The Balaban J connectivity index is 1.44. The second-order valence-electron chi connectivity index (χ2n) is 8.37. The van der Waals surface area contributed by atoms with Gasteiger partial charge in [-0.1, -0.05) is 18.2 Å². The first-order valence-corrected chi connectivity index (χ1v) is 11.4. The molecule has 0 aliphatic carbocycles. The fourth-order valence-electron chi connectivity index (χ4n) is 4.60. The first kappa shape index (κ1) is 23.5. The van der Waals surface area contributed by atoms with Crippen LogP contribution in [-0.4, -0.2) is 61.2 Å². The minimum atomic E-state index is -0.0738. The molecule has 2 aromatic carbocycles. The summed E-state index contributed by atoms with van der Waals surface area (Å²) < 4.78 is 16.2. The van der Waals surface area contributed by atoms with E-state index < -0.39 is 0 Å². The maximum Gasteiger partial charge on any atom is 0.245 e. The summed E-state index contributed by atoms with van der Waals surface area (Å²) in [7, 11) is 4.69. The molecule has 1 saturated heterocycles. The zero-order chi connectivity index (χ0) is 24.2. The first-order valence-electron chi connectivity index (χ1n) is 11.4. The average Bonchev–Trinajstić information content (AvgIpc) is 3.46. The number of H-pyrrole nitrogens is 1. The Kier molecular flexibility index (Phi) is 6.95. The molecule has 1 aliphatic heterocycles. The van der Waals surface area contributed by atoms with Crippen LogP contribution in [0.1, 0.15) is 29.7 Å².